The van der Waals surface area contributed by atoms with E-state index in [2.05, 4.69) is 15.5 Å². The van der Waals surface area contributed by atoms with Crippen molar-refractivity contribution in [2.45, 2.75) is 30.7 Å². The molecule has 150 valence electrons. The van der Waals surface area contributed by atoms with Crippen LogP contribution in [-0.2, 0) is 11.2 Å². The number of hydrogen-bond acceptors (Lipinski definition) is 7. The first kappa shape index (κ1) is 20.6. The first-order chi connectivity index (χ1) is 14.0. The molecule has 1 atom stereocenters. The number of anilines is 1. The van der Waals surface area contributed by atoms with Crippen LogP contribution in [0.4, 0.5) is 5.69 Å². The summed E-state index contributed by atoms with van der Waals surface area (Å²) in [5.74, 6) is 0.883. The SMILES string of the molecule is COc1ccc(Cc2nnc(S[C@H](C)C(=O)Nc3ccccc3C(C)=O)o2)cc1. The van der Waals surface area contributed by atoms with Crippen LogP contribution in [0.5, 0.6) is 5.75 Å². The fourth-order valence-corrected chi connectivity index (χ4v) is 3.31. The second-order valence-corrected chi connectivity index (χ2v) is 7.63. The van der Waals surface area contributed by atoms with Crippen molar-refractivity contribution in [3.8, 4) is 5.75 Å². The van der Waals surface area contributed by atoms with Gasteiger partial charge < -0.3 is 14.5 Å². The van der Waals surface area contributed by atoms with Gasteiger partial charge in [-0.25, -0.2) is 0 Å². The van der Waals surface area contributed by atoms with E-state index in [1.54, 1.807) is 38.3 Å². The lowest BCUT2D eigenvalue weighted by Gasteiger charge is -2.12. The van der Waals surface area contributed by atoms with Crippen LogP contribution in [0.15, 0.2) is 58.2 Å². The molecule has 0 unspecified atom stereocenters. The van der Waals surface area contributed by atoms with Crippen LogP contribution < -0.4 is 10.1 Å². The van der Waals surface area contributed by atoms with Gasteiger partial charge in [0.15, 0.2) is 5.78 Å². The molecule has 7 nitrogen and oxygen atoms in total. The number of benzene rings is 2. The van der Waals surface area contributed by atoms with Crippen LogP contribution in [0, 0.1) is 0 Å². The van der Waals surface area contributed by atoms with E-state index in [4.69, 9.17) is 9.15 Å². The molecule has 2 aromatic carbocycles. The Morgan fingerprint density at radius 3 is 2.55 bits per heavy atom. The largest absolute Gasteiger partial charge is 0.497 e. The highest BCUT2D eigenvalue weighted by Gasteiger charge is 2.20. The maximum absolute atomic E-state index is 12.5. The van der Waals surface area contributed by atoms with Crippen molar-refractivity contribution in [2.75, 3.05) is 12.4 Å². The number of ketones is 1. The number of carbonyl (C=O) groups excluding carboxylic acids is 2. The fraction of sp³-hybridized carbons (Fsp3) is 0.238. The number of nitrogens with zero attached hydrogens (tertiary/aromatic N) is 2. The molecule has 0 saturated carbocycles. The van der Waals surface area contributed by atoms with Crippen molar-refractivity contribution in [3.63, 3.8) is 0 Å². The van der Waals surface area contributed by atoms with Gasteiger partial charge in [-0.3, -0.25) is 9.59 Å². The molecule has 0 radical (unpaired) electrons. The smallest absolute Gasteiger partial charge is 0.277 e. The molecule has 0 aliphatic rings. The summed E-state index contributed by atoms with van der Waals surface area (Å²) in [5, 5.41) is 10.7. The highest BCUT2D eigenvalue weighted by atomic mass is 32.2. The maximum Gasteiger partial charge on any atom is 0.277 e. The Morgan fingerprint density at radius 1 is 1.14 bits per heavy atom. The van der Waals surface area contributed by atoms with Gasteiger partial charge in [0.1, 0.15) is 5.75 Å². The van der Waals surface area contributed by atoms with Gasteiger partial charge in [0, 0.05) is 5.56 Å². The summed E-state index contributed by atoms with van der Waals surface area (Å²) in [5.41, 5.74) is 1.97. The number of carbonyl (C=O) groups is 2. The number of nitrogens with one attached hydrogen (secondary N) is 1. The molecule has 3 aromatic rings. The van der Waals surface area contributed by atoms with Gasteiger partial charge in [-0.05, 0) is 43.7 Å². The Balaban J connectivity index is 1.60. The van der Waals surface area contributed by atoms with E-state index in [0.29, 0.717) is 28.8 Å². The summed E-state index contributed by atoms with van der Waals surface area (Å²) in [6.45, 7) is 3.20. The lowest BCUT2D eigenvalue weighted by atomic mass is 10.1. The second-order valence-electron chi connectivity index (χ2n) is 6.34. The average Bonchev–Trinajstić information content (AvgIpc) is 3.15. The van der Waals surface area contributed by atoms with Gasteiger partial charge in [0.2, 0.25) is 11.8 Å². The van der Waals surface area contributed by atoms with E-state index >= 15 is 0 Å². The number of aromatic nitrogens is 2. The number of para-hydroxylation sites is 1. The first-order valence-electron chi connectivity index (χ1n) is 8.99. The van der Waals surface area contributed by atoms with Gasteiger partial charge >= 0.3 is 0 Å². The highest BCUT2D eigenvalue weighted by Crippen LogP contribution is 2.25. The Labute approximate surface area is 172 Å². The third-order valence-corrected chi connectivity index (χ3v) is 5.11. The molecule has 1 amide bonds. The zero-order chi connectivity index (χ0) is 20.8. The Hall–Kier alpha value is -3.13. The molecular weight excluding hydrogens is 390 g/mol. The van der Waals surface area contributed by atoms with Gasteiger partial charge in [0.05, 0.1) is 24.5 Å². The molecule has 0 aliphatic heterocycles. The van der Waals surface area contributed by atoms with Crippen molar-refractivity contribution in [1.29, 1.82) is 0 Å². The molecule has 1 aromatic heterocycles. The molecule has 0 spiro atoms. The minimum atomic E-state index is -0.482. The predicted octanol–water partition coefficient (Wildman–Crippen LogP) is 3.99. The third-order valence-electron chi connectivity index (χ3n) is 4.17. The molecule has 29 heavy (non-hydrogen) atoms. The van der Waals surface area contributed by atoms with Crippen LogP contribution in [0.2, 0.25) is 0 Å². The summed E-state index contributed by atoms with van der Waals surface area (Å²) >= 11 is 1.17. The average molecular weight is 411 g/mol. The lowest BCUT2D eigenvalue weighted by Crippen LogP contribution is -2.23. The standard InChI is InChI=1S/C21H21N3O4S/c1-13(25)17-6-4-5-7-18(17)22-20(26)14(2)29-21-24-23-19(28-21)12-15-8-10-16(27-3)11-9-15/h4-11,14H,12H2,1-3H3,(H,22,26)/t14-/m1/s1. The lowest BCUT2D eigenvalue weighted by molar-refractivity contribution is -0.115. The number of rotatable bonds is 8. The molecule has 1 N–H and O–H groups in total. The van der Waals surface area contributed by atoms with Gasteiger partial charge in [-0.2, -0.15) is 0 Å². The van der Waals surface area contributed by atoms with Gasteiger partial charge in [-0.15, -0.1) is 10.2 Å². The summed E-state index contributed by atoms with van der Waals surface area (Å²) in [4.78, 5) is 24.2. The number of hydrogen-bond donors (Lipinski definition) is 1. The molecule has 0 saturated heterocycles. The van der Waals surface area contributed by atoms with E-state index in [0.717, 1.165) is 11.3 Å². The monoisotopic (exact) mass is 411 g/mol. The van der Waals surface area contributed by atoms with Gasteiger partial charge in [0.25, 0.3) is 5.22 Å². The van der Waals surface area contributed by atoms with Crippen molar-refractivity contribution >= 4 is 29.1 Å². The summed E-state index contributed by atoms with van der Waals surface area (Å²) in [7, 11) is 1.62. The van der Waals surface area contributed by atoms with Crippen LogP contribution in [0.1, 0.15) is 35.7 Å². The molecule has 0 fully saturated rings. The second kappa shape index (κ2) is 9.38. The topological polar surface area (TPSA) is 94.3 Å². The molecule has 0 aliphatic carbocycles. The van der Waals surface area contributed by atoms with Crippen molar-refractivity contribution in [1.82, 2.24) is 10.2 Å². The number of amides is 1. The van der Waals surface area contributed by atoms with E-state index in [1.807, 2.05) is 24.3 Å². The number of thioether (sulfide) groups is 1. The van der Waals surface area contributed by atoms with Crippen LogP contribution >= 0.6 is 11.8 Å². The van der Waals surface area contributed by atoms with Crippen molar-refractivity contribution in [3.05, 3.63) is 65.5 Å². The van der Waals surface area contributed by atoms with Crippen molar-refractivity contribution in [2.24, 2.45) is 0 Å². The minimum Gasteiger partial charge on any atom is -0.497 e. The third kappa shape index (κ3) is 5.45. The number of methoxy groups -OCH3 is 1. The van der Waals surface area contributed by atoms with Gasteiger partial charge in [-0.1, -0.05) is 36.0 Å². The Kier molecular flexibility index (Phi) is 6.66. The van der Waals surface area contributed by atoms with E-state index < -0.39 is 5.25 Å². The Bertz CT molecular complexity index is 1000. The minimum absolute atomic E-state index is 0.110. The summed E-state index contributed by atoms with van der Waals surface area (Å²) in [6.07, 6.45) is 0.490. The normalized spacial score (nSPS) is 11.7. The maximum atomic E-state index is 12.5. The van der Waals surface area contributed by atoms with E-state index in [9.17, 15) is 9.59 Å². The molecule has 1 heterocycles. The zero-order valence-corrected chi connectivity index (χ0v) is 17.2. The van der Waals surface area contributed by atoms with E-state index in [1.165, 1.54) is 18.7 Å². The predicted molar refractivity (Wildman–Crippen MR) is 110 cm³/mol. The number of ether oxygens (including phenoxy) is 1. The van der Waals surface area contributed by atoms with E-state index in [-0.39, 0.29) is 11.7 Å². The first-order valence-corrected chi connectivity index (χ1v) is 9.87. The molecule has 3 rings (SSSR count). The zero-order valence-electron chi connectivity index (χ0n) is 16.3. The Morgan fingerprint density at radius 2 is 1.86 bits per heavy atom. The van der Waals surface area contributed by atoms with Crippen LogP contribution in [0.3, 0.4) is 0 Å². The van der Waals surface area contributed by atoms with Crippen LogP contribution in [0.25, 0.3) is 0 Å². The highest BCUT2D eigenvalue weighted by molar-refractivity contribution is 8.00. The summed E-state index contributed by atoms with van der Waals surface area (Å²) in [6, 6.07) is 14.5. The van der Waals surface area contributed by atoms with Crippen molar-refractivity contribution < 1.29 is 18.7 Å². The molecular formula is C21H21N3O4S. The summed E-state index contributed by atoms with van der Waals surface area (Å²) < 4.78 is 10.8. The fourth-order valence-electron chi connectivity index (χ4n) is 2.61. The quantitative estimate of drug-likeness (QED) is 0.442. The molecule has 8 heteroatoms. The number of Topliss-reactive ketones (excluding diaryl/α,β-unsaturated/α-hetero) is 1. The molecule has 0 bridgehead atoms. The van der Waals surface area contributed by atoms with Crippen LogP contribution in [-0.4, -0.2) is 34.2 Å².